The van der Waals surface area contributed by atoms with E-state index >= 15 is 0 Å². The Morgan fingerprint density at radius 2 is 1.74 bits per heavy atom. The largest absolute Gasteiger partial charge is 0.444 e. The van der Waals surface area contributed by atoms with Gasteiger partial charge in [-0.05, 0) is 38.3 Å². The zero-order chi connectivity index (χ0) is 24.7. The second kappa shape index (κ2) is 10.8. The summed E-state index contributed by atoms with van der Waals surface area (Å²) in [6, 6.07) is 15.7. The molecule has 3 rings (SSSR count). The predicted octanol–water partition coefficient (Wildman–Crippen LogP) is 3.35. The van der Waals surface area contributed by atoms with Crippen LogP contribution in [0, 0.1) is 0 Å². The Balaban J connectivity index is 1.47. The quantitative estimate of drug-likeness (QED) is 0.497. The van der Waals surface area contributed by atoms with Gasteiger partial charge in [0, 0.05) is 18.7 Å². The number of aliphatic imine (C=N–C) groups is 1. The normalized spacial score (nSPS) is 15.8. The van der Waals surface area contributed by atoms with Crippen LogP contribution in [-0.4, -0.2) is 47.0 Å². The minimum atomic E-state index is -0.771. The summed E-state index contributed by atoms with van der Waals surface area (Å²) in [5, 5.41) is 2.84. The molecule has 9 heteroatoms. The van der Waals surface area contributed by atoms with Crippen LogP contribution >= 0.6 is 0 Å². The first-order valence-corrected chi connectivity index (χ1v) is 11.0. The van der Waals surface area contributed by atoms with Crippen molar-refractivity contribution in [2.45, 2.75) is 52.0 Å². The molecule has 1 fully saturated rings. The van der Waals surface area contributed by atoms with Gasteiger partial charge in [0.25, 0.3) is 0 Å². The first-order valence-electron chi connectivity index (χ1n) is 11.0. The predicted molar refractivity (Wildman–Crippen MR) is 127 cm³/mol. The molecular weight excluding hydrogens is 436 g/mol. The van der Waals surface area contributed by atoms with Crippen molar-refractivity contribution >= 4 is 23.9 Å². The van der Waals surface area contributed by atoms with Crippen LogP contribution in [0.3, 0.4) is 0 Å². The number of benzene rings is 2. The lowest BCUT2D eigenvalue weighted by atomic mass is 10.0. The summed E-state index contributed by atoms with van der Waals surface area (Å²) in [5.41, 5.74) is 7.55. The number of ether oxygens (including phenoxy) is 2. The molecule has 0 radical (unpaired) electrons. The average Bonchev–Trinajstić information content (AvgIpc) is 2.75. The average molecular weight is 467 g/mol. The Kier molecular flexibility index (Phi) is 7.88. The van der Waals surface area contributed by atoms with E-state index in [4.69, 9.17) is 15.2 Å². The van der Waals surface area contributed by atoms with Crippen LogP contribution < -0.4 is 11.1 Å². The van der Waals surface area contributed by atoms with E-state index in [1.54, 1.807) is 45.0 Å². The number of carbonyl (C=O) groups excluding carboxylic acids is 3. The number of nitrogens with two attached hydrogens (primary N) is 1. The molecule has 3 amide bonds. The van der Waals surface area contributed by atoms with Crippen molar-refractivity contribution in [1.82, 2.24) is 10.2 Å². The Bertz CT molecular complexity index is 1050. The number of amidine groups is 1. The Morgan fingerprint density at radius 3 is 2.32 bits per heavy atom. The van der Waals surface area contributed by atoms with Gasteiger partial charge in [0.15, 0.2) is 0 Å². The molecule has 0 spiro atoms. The molecule has 1 aliphatic heterocycles. The van der Waals surface area contributed by atoms with Gasteiger partial charge in [0.1, 0.15) is 24.1 Å². The van der Waals surface area contributed by atoms with Gasteiger partial charge in [-0.2, -0.15) is 4.99 Å². The Labute approximate surface area is 198 Å². The van der Waals surface area contributed by atoms with E-state index in [0.717, 1.165) is 11.1 Å². The number of rotatable bonds is 6. The summed E-state index contributed by atoms with van der Waals surface area (Å²) in [6.45, 7) is 6.25. The van der Waals surface area contributed by atoms with Crippen molar-refractivity contribution in [3.63, 3.8) is 0 Å². The first-order chi connectivity index (χ1) is 16.1. The maximum absolute atomic E-state index is 12.5. The minimum Gasteiger partial charge on any atom is -0.444 e. The highest BCUT2D eigenvalue weighted by atomic mass is 16.6. The number of nitrogens with one attached hydrogen (secondary N) is 1. The molecule has 2 aromatic rings. The van der Waals surface area contributed by atoms with Crippen LogP contribution in [0.5, 0.6) is 0 Å². The molecule has 0 bridgehead atoms. The summed E-state index contributed by atoms with van der Waals surface area (Å²) in [4.78, 5) is 41.8. The third-order valence-electron chi connectivity index (χ3n) is 5.08. The van der Waals surface area contributed by atoms with E-state index < -0.39 is 23.8 Å². The van der Waals surface area contributed by atoms with Gasteiger partial charge >= 0.3 is 12.2 Å². The monoisotopic (exact) mass is 466 g/mol. The molecule has 9 nitrogen and oxygen atoms in total. The van der Waals surface area contributed by atoms with Gasteiger partial charge in [0.05, 0.1) is 0 Å². The molecule has 0 saturated carbocycles. The van der Waals surface area contributed by atoms with Crippen molar-refractivity contribution < 1.29 is 23.9 Å². The standard InChI is InChI=1S/C25H30N4O5/c1-25(2,3)34-24(32)29-14-13-20(29)22(30)27-15-17-9-11-19(12-10-17)21(26)28-23(31)33-16-18-7-5-4-6-8-18/h4-12,20H,13-16H2,1-3H3,(H,27,30)(H2,26,28,31)/t20-/m0/s1. The lowest BCUT2D eigenvalue weighted by Crippen LogP contribution is -2.59. The highest BCUT2D eigenvalue weighted by Crippen LogP contribution is 2.21. The molecule has 2 aromatic carbocycles. The van der Waals surface area contributed by atoms with Crippen LogP contribution in [0.1, 0.15) is 43.9 Å². The smallest absolute Gasteiger partial charge is 0.435 e. The van der Waals surface area contributed by atoms with E-state index in [0.29, 0.717) is 18.5 Å². The maximum Gasteiger partial charge on any atom is 0.435 e. The second-order valence-electron chi connectivity index (χ2n) is 8.93. The molecule has 1 heterocycles. The third kappa shape index (κ3) is 7.06. The summed E-state index contributed by atoms with van der Waals surface area (Å²) in [7, 11) is 0. The van der Waals surface area contributed by atoms with Gasteiger partial charge in [-0.25, -0.2) is 9.59 Å². The van der Waals surface area contributed by atoms with Crippen molar-refractivity contribution in [2.75, 3.05) is 6.54 Å². The fourth-order valence-corrected chi connectivity index (χ4v) is 3.21. The van der Waals surface area contributed by atoms with E-state index in [-0.39, 0.29) is 24.9 Å². The first kappa shape index (κ1) is 24.8. The van der Waals surface area contributed by atoms with E-state index in [2.05, 4.69) is 10.3 Å². The van der Waals surface area contributed by atoms with Crippen molar-refractivity contribution in [3.8, 4) is 0 Å². The number of carbonyl (C=O) groups is 3. The van der Waals surface area contributed by atoms with E-state index in [1.807, 2.05) is 30.3 Å². The molecule has 180 valence electrons. The van der Waals surface area contributed by atoms with Gasteiger partial charge in [0.2, 0.25) is 5.91 Å². The lowest BCUT2D eigenvalue weighted by molar-refractivity contribution is -0.130. The fourth-order valence-electron chi connectivity index (χ4n) is 3.21. The molecule has 0 aromatic heterocycles. The molecule has 3 N–H and O–H groups in total. The van der Waals surface area contributed by atoms with Gasteiger partial charge < -0.3 is 20.5 Å². The Hall–Kier alpha value is -3.88. The summed E-state index contributed by atoms with van der Waals surface area (Å²) in [5.74, 6) is -0.195. The molecule has 34 heavy (non-hydrogen) atoms. The number of hydrogen-bond donors (Lipinski definition) is 2. The second-order valence-corrected chi connectivity index (χ2v) is 8.93. The number of likely N-dealkylation sites (tertiary alicyclic amines) is 1. The molecule has 1 atom stereocenters. The van der Waals surface area contributed by atoms with Gasteiger partial charge in [-0.3, -0.25) is 9.69 Å². The van der Waals surface area contributed by atoms with Crippen LogP contribution in [-0.2, 0) is 27.4 Å². The highest BCUT2D eigenvalue weighted by molar-refractivity contribution is 6.02. The maximum atomic E-state index is 12.5. The van der Waals surface area contributed by atoms with Crippen LogP contribution in [0.15, 0.2) is 59.6 Å². The summed E-state index contributed by atoms with van der Waals surface area (Å²) >= 11 is 0. The van der Waals surface area contributed by atoms with Crippen LogP contribution in [0.4, 0.5) is 9.59 Å². The zero-order valence-electron chi connectivity index (χ0n) is 19.6. The zero-order valence-corrected chi connectivity index (χ0v) is 19.6. The molecule has 1 aliphatic rings. The Morgan fingerprint density at radius 1 is 1.06 bits per heavy atom. The van der Waals surface area contributed by atoms with Crippen LogP contribution in [0.25, 0.3) is 0 Å². The van der Waals surface area contributed by atoms with E-state index in [1.165, 1.54) is 4.90 Å². The number of hydrogen-bond acceptors (Lipinski definition) is 5. The van der Waals surface area contributed by atoms with Crippen molar-refractivity contribution in [1.29, 1.82) is 0 Å². The lowest BCUT2D eigenvalue weighted by Gasteiger charge is -2.40. The molecule has 0 aliphatic carbocycles. The molecule has 0 unspecified atom stereocenters. The van der Waals surface area contributed by atoms with Crippen molar-refractivity contribution in [3.05, 3.63) is 71.3 Å². The number of amides is 3. The highest BCUT2D eigenvalue weighted by Gasteiger charge is 2.39. The van der Waals surface area contributed by atoms with Crippen LogP contribution in [0.2, 0.25) is 0 Å². The molecular formula is C25H30N4O5. The fraction of sp³-hybridized carbons (Fsp3) is 0.360. The number of nitrogens with zero attached hydrogens (tertiary/aromatic N) is 2. The SMILES string of the molecule is CC(C)(C)OC(=O)N1CC[C@H]1C(=O)NCc1ccc(C(N)=NC(=O)OCc2ccccc2)cc1. The van der Waals surface area contributed by atoms with Crippen molar-refractivity contribution in [2.24, 2.45) is 10.7 Å². The van der Waals surface area contributed by atoms with Gasteiger partial charge in [-0.1, -0.05) is 54.6 Å². The topological polar surface area (TPSA) is 123 Å². The third-order valence-corrected chi connectivity index (χ3v) is 5.08. The summed E-state index contributed by atoms with van der Waals surface area (Å²) in [6.07, 6.45) is -0.662. The minimum absolute atomic E-state index is 0.0381. The van der Waals surface area contributed by atoms with E-state index in [9.17, 15) is 14.4 Å². The molecule has 1 saturated heterocycles. The van der Waals surface area contributed by atoms with Gasteiger partial charge in [-0.15, -0.1) is 0 Å². The summed E-state index contributed by atoms with van der Waals surface area (Å²) < 4.78 is 10.4.